The quantitative estimate of drug-likeness (QED) is 0.469. The lowest BCUT2D eigenvalue weighted by atomic mass is 10.3. The Morgan fingerprint density at radius 3 is 2.46 bits per heavy atom. The average molecular weight is 317 g/mol. The summed E-state index contributed by atoms with van der Waals surface area (Å²) in [6.45, 7) is 4.38. The largest absolute Gasteiger partial charge is 0.338 e. The maximum absolute atomic E-state index is 11.7. The van der Waals surface area contributed by atoms with Crippen LogP contribution in [0.25, 0.3) is 0 Å². The molecule has 1 aliphatic heterocycles. The molecule has 1 saturated heterocycles. The maximum atomic E-state index is 11.7. The molecule has 4 nitrogen and oxygen atoms in total. The van der Waals surface area contributed by atoms with Gasteiger partial charge in [0.15, 0.2) is 11.1 Å². The first-order valence-electron chi connectivity index (χ1n) is 4.00. The number of carbonyl (C=O) groups is 1. The van der Waals surface area contributed by atoms with Gasteiger partial charge < -0.3 is 9.45 Å². The molecule has 0 saturated carbocycles. The van der Waals surface area contributed by atoms with Gasteiger partial charge in [-0.05, 0) is 13.8 Å². The van der Waals surface area contributed by atoms with Crippen molar-refractivity contribution < 1.29 is 13.6 Å². The summed E-state index contributed by atoms with van der Waals surface area (Å²) in [6.07, 6.45) is 0.452. The normalized spacial score (nSPS) is 31.5. The minimum absolute atomic E-state index is 0.104. The van der Waals surface area contributed by atoms with E-state index in [9.17, 15) is 9.00 Å². The summed E-state index contributed by atoms with van der Waals surface area (Å²) < 4.78 is 18.8. The lowest BCUT2D eigenvalue weighted by Gasteiger charge is -2.22. The third-order valence-electron chi connectivity index (χ3n) is 2.15. The van der Waals surface area contributed by atoms with E-state index in [0.717, 1.165) is 0 Å². The van der Waals surface area contributed by atoms with Crippen LogP contribution < -0.4 is 0 Å². The Kier molecular flexibility index (Phi) is 3.34. The average Bonchev–Trinajstić information content (AvgIpc) is 2.30. The number of carbonyl (C=O) groups excluding carboxylic acids is 1. The fourth-order valence-electron chi connectivity index (χ4n) is 1.34. The second kappa shape index (κ2) is 3.82. The molecule has 1 N–H and O–H groups in total. The van der Waals surface area contributed by atoms with E-state index in [1.165, 1.54) is 0 Å². The summed E-state index contributed by atoms with van der Waals surface area (Å²) in [5.41, 5.74) is 0. The molecule has 2 unspecified atom stereocenters. The molecule has 0 bridgehead atoms. The molecule has 0 spiro atoms. The molecule has 0 aliphatic carbocycles. The summed E-state index contributed by atoms with van der Waals surface area (Å²) in [7, 11) is 0. The predicted octanol–water partition coefficient (Wildman–Crippen LogP) is 0.980. The van der Waals surface area contributed by atoms with Crippen LogP contribution in [-0.4, -0.2) is 34.9 Å². The smallest absolute Gasteiger partial charge is 0.254 e. The van der Waals surface area contributed by atoms with Crippen molar-refractivity contribution >= 4 is 39.6 Å². The molecule has 0 radical (unpaired) electrons. The van der Waals surface area contributed by atoms with E-state index >= 15 is 0 Å². The van der Waals surface area contributed by atoms with Gasteiger partial charge in [0.1, 0.15) is 0 Å². The third-order valence-corrected chi connectivity index (χ3v) is 5.22. The lowest BCUT2D eigenvalue weighted by molar-refractivity contribution is -0.129. The molecule has 0 aromatic carbocycles. The molecule has 1 fully saturated rings. The van der Waals surface area contributed by atoms with E-state index in [0.29, 0.717) is 13.0 Å². The van der Waals surface area contributed by atoms with Gasteiger partial charge in [0, 0.05) is 19.0 Å². The molecular weight excluding hydrogens is 305 g/mol. The second-order valence-corrected chi connectivity index (χ2v) is 7.09. The Labute approximate surface area is 93.5 Å². The van der Waals surface area contributed by atoms with Crippen LogP contribution in [0.2, 0.25) is 0 Å². The first-order valence-corrected chi connectivity index (χ1v) is 6.19. The first kappa shape index (κ1) is 11.4. The van der Waals surface area contributed by atoms with Crippen molar-refractivity contribution in [2.75, 3.05) is 6.54 Å². The molecule has 76 valence electrons. The van der Waals surface area contributed by atoms with Crippen molar-refractivity contribution in [3.8, 4) is 0 Å². The van der Waals surface area contributed by atoms with Gasteiger partial charge in [-0.3, -0.25) is 4.79 Å². The highest BCUT2D eigenvalue weighted by molar-refractivity contribution is 14.1. The van der Waals surface area contributed by atoms with Gasteiger partial charge >= 0.3 is 0 Å². The van der Waals surface area contributed by atoms with Crippen molar-refractivity contribution in [3.05, 3.63) is 0 Å². The van der Waals surface area contributed by atoms with Gasteiger partial charge in [0.05, 0.1) is 0 Å². The zero-order chi connectivity index (χ0) is 10.2. The van der Waals surface area contributed by atoms with Crippen LogP contribution in [0.3, 0.4) is 0 Å². The van der Waals surface area contributed by atoms with Gasteiger partial charge in [0.2, 0.25) is 2.75 Å². The second-order valence-electron chi connectivity index (χ2n) is 3.32. The van der Waals surface area contributed by atoms with E-state index in [1.54, 1.807) is 27.5 Å². The molecule has 0 aromatic heterocycles. The molecule has 2 atom stereocenters. The summed E-state index contributed by atoms with van der Waals surface area (Å²) in [5.74, 6) is -0.219. The van der Waals surface area contributed by atoms with Crippen LogP contribution in [0.4, 0.5) is 0 Å². The Hall–Kier alpha value is 0.310. The van der Waals surface area contributed by atoms with Crippen molar-refractivity contribution in [1.29, 1.82) is 0 Å². The van der Waals surface area contributed by atoms with E-state index < -0.39 is 13.8 Å². The fourth-order valence-corrected chi connectivity index (χ4v) is 2.43. The monoisotopic (exact) mass is 317 g/mol. The molecule has 1 aliphatic rings. The molecule has 6 heteroatoms. The minimum atomic E-state index is -2.08. The molecule has 1 heterocycles. The summed E-state index contributed by atoms with van der Waals surface area (Å²) in [4.78, 5) is 13.3. The molecule has 13 heavy (non-hydrogen) atoms. The van der Waals surface area contributed by atoms with Gasteiger partial charge in [-0.25, -0.2) is 4.21 Å². The van der Waals surface area contributed by atoms with Gasteiger partial charge in [-0.15, -0.1) is 0 Å². The Balaban J connectivity index is 2.87. The van der Waals surface area contributed by atoms with Crippen LogP contribution in [0, 0.1) is 0 Å². The fraction of sp³-hybridized carbons (Fsp3) is 0.857. The number of hydrogen-bond donors (Lipinski definition) is 1. The summed E-state index contributed by atoms with van der Waals surface area (Å²) in [6, 6.07) is 0.104. The van der Waals surface area contributed by atoms with E-state index in [4.69, 9.17) is 4.55 Å². The number of amides is 1. The highest BCUT2D eigenvalue weighted by Gasteiger charge is 2.50. The van der Waals surface area contributed by atoms with Crippen LogP contribution in [0.15, 0.2) is 0 Å². The van der Waals surface area contributed by atoms with Crippen molar-refractivity contribution in [2.24, 2.45) is 0 Å². The Morgan fingerprint density at radius 2 is 2.23 bits per heavy atom. The highest BCUT2D eigenvalue weighted by Crippen LogP contribution is 2.35. The van der Waals surface area contributed by atoms with E-state index in [2.05, 4.69) is 0 Å². The standard InChI is InChI=1S/C7H12INO3S/c1-5(2)9-4-3-7(8,6(9)10)13(11)12/h5H,3-4H2,1-2H3,(H,11,12). The van der Waals surface area contributed by atoms with Crippen molar-refractivity contribution in [2.45, 2.75) is 29.1 Å². The van der Waals surface area contributed by atoms with E-state index in [-0.39, 0.29) is 11.9 Å². The third kappa shape index (κ3) is 1.89. The van der Waals surface area contributed by atoms with Crippen LogP contribution in [-0.2, 0) is 15.9 Å². The van der Waals surface area contributed by atoms with Gasteiger partial charge in [-0.1, -0.05) is 22.6 Å². The molecule has 0 aromatic rings. The SMILES string of the molecule is CC(C)N1CCC(I)(S(=O)O)C1=O. The predicted molar refractivity (Wildman–Crippen MR) is 59.0 cm³/mol. The van der Waals surface area contributed by atoms with Crippen molar-refractivity contribution in [3.63, 3.8) is 0 Å². The minimum Gasteiger partial charge on any atom is -0.338 e. The summed E-state index contributed by atoms with van der Waals surface area (Å²) >= 11 is -0.290. The molecule has 1 rings (SSSR count). The number of alkyl halides is 1. The van der Waals surface area contributed by atoms with Crippen molar-refractivity contribution in [1.82, 2.24) is 4.90 Å². The Bertz CT molecular complexity index is 258. The van der Waals surface area contributed by atoms with Crippen LogP contribution in [0.5, 0.6) is 0 Å². The lowest BCUT2D eigenvalue weighted by Crippen LogP contribution is -2.41. The molecular formula is C7H12INO3S. The first-order chi connectivity index (χ1) is 5.89. The highest BCUT2D eigenvalue weighted by atomic mass is 127. The maximum Gasteiger partial charge on any atom is 0.254 e. The zero-order valence-corrected chi connectivity index (χ0v) is 10.5. The van der Waals surface area contributed by atoms with E-state index in [1.807, 2.05) is 13.8 Å². The van der Waals surface area contributed by atoms with Crippen LogP contribution in [0.1, 0.15) is 20.3 Å². The number of halogens is 1. The molecule has 1 amide bonds. The zero-order valence-electron chi connectivity index (χ0n) is 7.49. The van der Waals surface area contributed by atoms with Gasteiger partial charge in [0.25, 0.3) is 5.91 Å². The van der Waals surface area contributed by atoms with Crippen LogP contribution >= 0.6 is 22.6 Å². The number of likely N-dealkylation sites (tertiary alicyclic amines) is 1. The Morgan fingerprint density at radius 1 is 1.69 bits per heavy atom. The summed E-state index contributed by atoms with van der Waals surface area (Å²) in [5, 5.41) is 0. The van der Waals surface area contributed by atoms with Gasteiger partial charge in [-0.2, -0.15) is 0 Å². The number of nitrogens with zero attached hydrogens (tertiary/aromatic N) is 1. The number of rotatable bonds is 2. The topological polar surface area (TPSA) is 57.6 Å². The number of hydrogen-bond acceptors (Lipinski definition) is 2.